The molecule has 1 N–H and O–H groups in total. The minimum absolute atomic E-state index is 0.163. The second-order valence-corrected chi connectivity index (χ2v) is 13.2. The maximum Gasteiger partial charge on any atom is 0.416 e. The molecule has 1 atom stereocenters. The molecular formula is C34H30F6N6O4. The number of nitrogens with one attached hydrogen (secondary N) is 1. The third kappa shape index (κ3) is 7.56. The van der Waals surface area contributed by atoms with Crippen LogP contribution in [0.1, 0.15) is 63.6 Å². The molecule has 10 nitrogen and oxygen atoms in total. The van der Waals surface area contributed by atoms with Crippen molar-refractivity contribution in [2.75, 3.05) is 4.90 Å². The Bertz CT molecular complexity index is 1960. The molecule has 4 aromatic rings. The largest absolute Gasteiger partial charge is 0.444 e. The van der Waals surface area contributed by atoms with Crippen LogP contribution in [-0.4, -0.2) is 38.8 Å². The van der Waals surface area contributed by atoms with Crippen molar-refractivity contribution in [2.45, 2.75) is 76.7 Å². The molecule has 16 heteroatoms. The zero-order chi connectivity index (χ0) is 36.8. The van der Waals surface area contributed by atoms with Gasteiger partial charge in [-0.1, -0.05) is 18.2 Å². The zero-order valence-corrected chi connectivity index (χ0v) is 27.3. The Hall–Kier alpha value is -5.46. The van der Waals surface area contributed by atoms with Gasteiger partial charge in [-0.25, -0.2) is 18.0 Å². The molecule has 2 aromatic heterocycles. The monoisotopic (exact) mass is 700 g/mol. The molecule has 1 aliphatic rings. The Labute approximate surface area is 282 Å². The van der Waals surface area contributed by atoms with Crippen LogP contribution in [0.2, 0.25) is 0 Å². The molecule has 0 saturated heterocycles. The first-order valence-electron chi connectivity index (χ1n) is 15.1. The van der Waals surface area contributed by atoms with E-state index in [9.17, 15) is 28.0 Å². The Morgan fingerprint density at radius 3 is 2.34 bits per heavy atom. The number of rotatable bonds is 6. The number of amides is 2. The van der Waals surface area contributed by atoms with Gasteiger partial charge in [-0.05, 0) is 70.5 Å². The molecule has 0 radical (unpaired) electrons. The van der Waals surface area contributed by atoms with Gasteiger partial charge in [0.25, 0.3) is 11.8 Å². The summed E-state index contributed by atoms with van der Waals surface area (Å²) >= 11 is 0. The van der Waals surface area contributed by atoms with Crippen molar-refractivity contribution in [3.8, 4) is 28.8 Å². The van der Waals surface area contributed by atoms with Crippen LogP contribution >= 0.6 is 0 Å². The summed E-state index contributed by atoms with van der Waals surface area (Å²) in [5.74, 6) is -6.62. The average Bonchev–Trinajstić information content (AvgIpc) is 3.51. The summed E-state index contributed by atoms with van der Waals surface area (Å²) in [6, 6.07) is 8.89. The second-order valence-electron chi connectivity index (χ2n) is 13.2. The van der Waals surface area contributed by atoms with E-state index in [2.05, 4.69) is 20.5 Å². The van der Waals surface area contributed by atoms with E-state index in [0.29, 0.717) is 17.2 Å². The molecule has 2 aromatic carbocycles. The number of benzene rings is 2. The SMILES string of the molecule is CC(C)(C)OC(=O)NC1CC(F)(F)c2cc(F)c(-c3nnc(C(C)(C)C#N)o3)cc2N(Cc2ccc(-c3ccc(C(F)(F)F)cc3)nc2)C1=O. The van der Waals surface area contributed by atoms with Crippen LogP contribution in [0.5, 0.6) is 0 Å². The van der Waals surface area contributed by atoms with Crippen molar-refractivity contribution in [1.29, 1.82) is 5.26 Å². The van der Waals surface area contributed by atoms with E-state index >= 15 is 13.2 Å². The number of ether oxygens (including phenoxy) is 1. The van der Waals surface area contributed by atoms with Crippen LogP contribution < -0.4 is 10.2 Å². The molecule has 50 heavy (non-hydrogen) atoms. The van der Waals surface area contributed by atoms with Crippen molar-refractivity contribution in [2.24, 2.45) is 0 Å². The van der Waals surface area contributed by atoms with Gasteiger partial charge in [0.05, 0.1) is 35.1 Å². The molecule has 1 unspecified atom stereocenters. The molecule has 3 heterocycles. The normalized spacial score (nSPS) is 16.3. The maximum absolute atomic E-state index is 15.9. The molecule has 0 spiro atoms. The number of alkyl halides is 5. The van der Waals surface area contributed by atoms with Crippen LogP contribution in [0.25, 0.3) is 22.7 Å². The lowest BCUT2D eigenvalue weighted by molar-refractivity contribution is -0.137. The van der Waals surface area contributed by atoms with E-state index in [4.69, 9.17) is 9.15 Å². The lowest BCUT2D eigenvalue weighted by atomic mass is 9.96. The predicted molar refractivity (Wildman–Crippen MR) is 166 cm³/mol. The van der Waals surface area contributed by atoms with Crippen LogP contribution in [0.4, 0.5) is 36.8 Å². The summed E-state index contributed by atoms with van der Waals surface area (Å²) in [4.78, 5) is 31.9. The number of pyridine rings is 1. The standard InChI is InChI=1S/C34H30F6N6O4/c1-31(2,3)50-30(48)43-25-14-33(36,37)22-13-23(35)21(27-44-45-29(49-27)32(4,5)17-41)12-26(22)46(28(25)47)16-18-6-11-24(42-15-18)19-7-9-20(10-8-19)34(38,39)40/h6-13,15,25H,14,16H2,1-5H3,(H,43,48). The summed E-state index contributed by atoms with van der Waals surface area (Å²) in [6.07, 6.45) is -5.59. The molecule has 5 rings (SSSR count). The zero-order valence-electron chi connectivity index (χ0n) is 27.3. The average molecular weight is 701 g/mol. The van der Waals surface area contributed by atoms with E-state index in [1.807, 2.05) is 6.07 Å². The van der Waals surface area contributed by atoms with E-state index in [1.54, 1.807) is 20.8 Å². The minimum Gasteiger partial charge on any atom is -0.444 e. The lowest BCUT2D eigenvalue weighted by Gasteiger charge is -2.27. The first-order chi connectivity index (χ1) is 23.2. The summed E-state index contributed by atoms with van der Waals surface area (Å²) in [5.41, 5.74) is -3.92. The molecule has 0 fully saturated rings. The quantitative estimate of drug-likeness (QED) is 0.203. The molecule has 2 amide bonds. The summed E-state index contributed by atoms with van der Waals surface area (Å²) < 4.78 is 97.2. The van der Waals surface area contributed by atoms with Gasteiger partial charge < -0.3 is 19.4 Å². The van der Waals surface area contributed by atoms with Crippen molar-refractivity contribution in [3.05, 3.63) is 83.1 Å². The number of alkyl carbamates (subject to hydrolysis) is 1. The highest BCUT2D eigenvalue weighted by atomic mass is 19.4. The smallest absolute Gasteiger partial charge is 0.416 e. The third-order valence-corrected chi connectivity index (χ3v) is 7.63. The molecule has 0 aliphatic carbocycles. The predicted octanol–water partition coefficient (Wildman–Crippen LogP) is 7.68. The van der Waals surface area contributed by atoms with Gasteiger partial charge in [-0.15, -0.1) is 10.2 Å². The highest BCUT2D eigenvalue weighted by Gasteiger charge is 2.47. The van der Waals surface area contributed by atoms with Crippen molar-refractivity contribution >= 4 is 17.7 Å². The topological polar surface area (TPSA) is 134 Å². The Morgan fingerprint density at radius 1 is 1.08 bits per heavy atom. The Morgan fingerprint density at radius 2 is 1.76 bits per heavy atom. The Kier molecular flexibility index (Phi) is 9.16. The number of hydrogen-bond donors (Lipinski definition) is 1. The second kappa shape index (κ2) is 12.8. The van der Waals surface area contributed by atoms with Gasteiger partial charge in [-0.2, -0.15) is 18.4 Å². The number of anilines is 1. The molecule has 0 bridgehead atoms. The first-order valence-corrected chi connectivity index (χ1v) is 15.1. The number of carbonyl (C=O) groups is 2. The van der Waals surface area contributed by atoms with Crippen LogP contribution in [0.3, 0.4) is 0 Å². The lowest BCUT2D eigenvalue weighted by Crippen LogP contribution is -2.49. The summed E-state index contributed by atoms with van der Waals surface area (Å²) in [7, 11) is 0. The van der Waals surface area contributed by atoms with Crippen LogP contribution in [-0.2, 0) is 33.6 Å². The number of nitriles is 1. The maximum atomic E-state index is 15.9. The number of aromatic nitrogens is 3. The molecule has 262 valence electrons. The van der Waals surface area contributed by atoms with Gasteiger partial charge in [0, 0.05) is 23.7 Å². The summed E-state index contributed by atoms with van der Waals surface area (Å²) in [6.45, 7) is 7.19. The highest BCUT2D eigenvalue weighted by Crippen LogP contribution is 2.45. The van der Waals surface area contributed by atoms with Gasteiger partial charge in [0.15, 0.2) is 0 Å². The van der Waals surface area contributed by atoms with Gasteiger partial charge in [0.2, 0.25) is 11.8 Å². The number of halogens is 6. The fourth-order valence-electron chi connectivity index (χ4n) is 5.06. The first kappa shape index (κ1) is 35.8. The van der Waals surface area contributed by atoms with Gasteiger partial charge >= 0.3 is 12.3 Å². The van der Waals surface area contributed by atoms with Crippen LogP contribution in [0.15, 0.2) is 59.1 Å². The number of carbonyl (C=O) groups excluding carboxylic acids is 2. The van der Waals surface area contributed by atoms with E-state index < -0.39 is 88.2 Å². The number of nitrogens with zero attached hydrogens (tertiary/aromatic N) is 5. The summed E-state index contributed by atoms with van der Waals surface area (Å²) in [5, 5.41) is 19.3. The molecular weight excluding hydrogens is 670 g/mol. The van der Waals surface area contributed by atoms with Crippen molar-refractivity contribution in [3.63, 3.8) is 0 Å². The number of fused-ring (bicyclic) bond motifs is 1. The highest BCUT2D eigenvalue weighted by molar-refractivity contribution is 6.00. The minimum atomic E-state index is -4.53. The van der Waals surface area contributed by atoms with E-state index in [0.717, 1.165) is 23.1 Å². The number of hydrogen-bond acceptors (Lipinski definition) is 8. The third-order valence-electron chi connectivity index (χ3n) is 7.63. The fraction of sp³-hybridized carbons (Fsp3) is 0.353. The Balaban J connectivity index is 1.57. The van der Waals surface area contributed by atoms with Gasteiger partial charge in [-0.3, -0.25) is 9.78 Å². The van der Waals surface area contributed by atoms with Gasteiger partial charge in [0.1, 0.15) is 22.9 Å². The van der Waals surface area contributed by atoms with Crippen LogP contribution in [0, 0.1) is 17.1 Å². The van der Waals surface area contributed by atoms with Crippen molar-refractivity contribution < 1.29 is 45.1 Å². The van der Waals surface area contributed by atoms with Crippen molar-refractivity contribution in [1.82, 2.24) is 20.5 Å². The molecule has 1 aliphatic heterocycles. The van der Waals surface area contributed by atoms with E-state index in [1.165, 1.54) is 44.3 Å². The van der Waals surface area contributed by atoms with E-state index in [-0.39, 0.29) is 11.6 Å². The fourth-order valence-corrected chi connectivity index (χ4v) is 5.06. The molecule has 0 saturated carbocycles.